The van der Waals surface area contributed by atoms with E-state index in [2.05, 4.69) is 158 Å². The molecule has 0 unspecified atom stereocenters. The van der Waals surface area contributed by atoms with Crippen molar-refractivity contribution >= 4 is 136 Å². The van der Waals surface area contributed by atoms with Gasteiger partial charge in [0, 0.05) is 233 Å². The standard InChI is InChI=1S/C17H23N5OS.2C14H17N3S.C13H12ClF2N3OS.C13H14ClN3S.C12H10F3N3OS.C10H10N4OS.2ClH/c1-3-21-6-8-22(9-7-21)15-5-4-14(11-18-15)12-24-17-19-13(2)10-16(23)20-17;1-9-5-6-15-12(4)13(9)8-18-14-16-10(2)7-11(3)17-14;1-4-12-6-13(8-15-7-12)9-18-14-16-10(2)5-11(3)17-14;1-7-4-17-5-9(14)8(7)6-21-12-18-10(13(2,15)16)3-11(20)19-12;1-8-6-9(2)17-13(16-8)18-7-11-10(3)15-5-4-12(11)14;1-7-4-10(19)18-11(17-7)20-6-8-2-3-16-5-9(8)12(13,14)15;1-7-5-9(15)14-10(13-7)16-6-8-11-3-2-4-12-8;;/h4-5,10-11H,3,6-9,12H2,1-2H3,(H,19,20,23);5-7H,8H2,1-4H3;5-8H,4,9H2,1-3H3;3-5H,6H2,1-2H3,(H,18,19,20);4-6H,7H2,1-3H3;2-5H,6H2,1H3,(H,17,18,19);2-5H,6H2,1H3,(H,13,14,15);2*1H. The lowest BCUT2D eigenvalue weighted by Gasteiger charge is -2.34. The Morgan fingerprint density at radius 1 is 0.380 bits per heavy atom. The summed E-state index contributed by atoms with van der Waals surface area (Å²) in [6.45, 7) is 35.6. The van der Waals surface area contributed by atoms with E-state index < -0.39 is 28.9 Å². The van der Waals surface area contributed by atoms with Crippen LogP contribution in [-0.4, -0.2) is 147 Å². The van der Waals surface area contributed by atoms with E-state index >= 15 is 0 Å². The summed E-state index contributed by atoms with van der Waals surface area (Å²) in [6, 6.07) is 24.3. The minimum Gasteiger partial charge on any atom is -0.354 e. The van der Waals surface area contributed by atoms with Gasteiger partial charge in [0.05, 0.1) is 16.3 Å². The first kappa shape index (κ1) is 114. The number of H-pyrrole nitrogens is 4. The molecule has 4 N–H and O–H groups in total. The van der Waals surface area contributed by atoms with Gasteiger partial charge in [0.2, 0.25) is 0 Å². The minimum absolute atomic E-state index is 0. The number of thioether (sulfide) groups is 7. The van der Waals surface area contributed by atoms with Gasteiger partial charge in [-0.25, -0.2) is 64.8 Å². The monoisotopic (exact) mass is 2080 g/mol. The SMILES string of the molecule is CCN1CCN(c2ccc(CSc3nc(C)cc(=O)[nH]3)cn2)CC1.CCc1cncc(CSc2nc(C)cc(C)n2)c1.Cc1cc(=O)[nH]c(SCc2ccncc2C(F)(F)F)n1.Cc1cc(=O)[nH]c(SCc2ncccn2)n1.Cc1cc(C)nc(SCc2c(C)ccnc2C)n1.Cc1cc(C)nc(SCc2c(Cl)ccnc2C)n1.Cc1cncc(Cl)c1CSc1nc(C(C)(F)F)cc(=O)[nH]1.Cl.Cl. The molecule has 14 aromatic rings. The van der Waals surface area contributed by atoms with Crippen LogP contribution in [0.5, 0.6) is 0 Å². The second kappa shape index (κ2) is 56.7. The molecular weight excluding hydrogens is 1980 g/mol. The zero-order valence-electron chi connectivity index (χ0n) is 78.0. The number of aryl methyl sites for hydroxylation is 14. The number of aromatic amines is 4. The Morgan fingerprint density at radius 2 is 0.825 bits per heavy atom. The fourth-order valence-corrected chi connectivity index (χ4v) is 19.6. The smallest absolute Gasteiger partial charge is 0.354 e. The number of aromatic nitrogens is 22. The molecule has 0 amide bonds. The van der Waals surface area contributed by atoms with Crippen molar-refractivity contribution in [3.63, 3.8) is 0 Å². The second-order valence-corrected chi connectivity index (χ2v) is 37.9. The van der Waals surface area contributed by atoms with Crippen molar-refractivity contribution in [1.29, 1.82) is 0 Å². The predicted molar refractivity (Wildman–Crippen MR) is 544 cm³/mol. The molecule has 726 valence electrons. The topological polar surface area (TPSA) is 370 Å². The van der Waals surface area contributed by atoms with Crippen molar-refractivity contribution < 1.29 is 22.0 Å². The van der Waals surface area contributed by atoms with Crippen LogP contribution in [0.25, 0.3) is 0 Å². The van der Waals surface area contributed by atoms with Crippen molar-refractivity contribution in [3.8, 4) is 0 Å². The van der Waals surface area contributed by atoms with Gasteiger partial charge in [-0.2, -0.15) is 22.0 Å². The molecule has 0 saturated carbocycles. The molecule has 0 bridgehead atoms. The molecule has 44 heteroatoms. The van der Waals surface area contributed by atoms with Gasteiger partial charge >= 0.3 is 6.18 Å². The highest BCUT2D eigenvalue weighted by Gasteiger charge is 2.34. The van der Waals surface area contributed by atoms with Gasteiger partial charge in [-0.1, -0.05) is 132 Å². The van der Waals surface area contributed by atoms with E-state index in [4.69, 9.17) is 23.2 Å². The van der Waals surface area contributed by atoms with Gasteiger partial charge in [-0.15, -0.1) is 24.8 Å². The summed E-state index contributed by atoms with van der Waals surface area (Å²) in [6.07, 6.45) is 14.5. The van der Waals surface area contributed by atoms with Crippen LogP contribution in [0.2, 0.25) is 10.0 Å². The van der Waals surface area contributed by atoms with E-state index in [1.807, 2.05) is 124 Å². The lowest BCUT2D eigenvalue weighted by molar-refractivity contribution is -0.138. The van der Waals surface area contributed by atoms with Gasteiger partial charge in [0.1, 0.15) is 17.3 Å². The number of likely N-dealkylation sites (N-methyl/N-ethyl adjacent to an activating group) is 1. The fourth-order valence-electron chi connectivity index (χ4n) is 12.3. The molecule has 28 nitrogen and oxygen atoms in total. The van der Waals surface area contributed by atoms with Crippen LogP contribution in [0.3, 0.4) is 0 Å². The highest BCUT2D eigenvalue weighted by Crippen LogP contribution is 2.35. The Morgan fingerprint density at radius 3 is 1.30 bits per heavy atom. The molecule has 1 fully saturated rings. The minimum atomic E-state index is -4.45. The lowest BCUT2D eigenvalue weighted by atomic mass is 10.1. The average Bonchev–Trinajstić information content (AvgIpc) is 0.828. The third kappa shape index (κ3) is 39.9. The molecule has 0 atom stereocenters. The van der Waals surface area contributed by atoms with E-state index in [-0.39, 0.29) is 58.0 Å². The summed E-state index contributed by atoms with van der Waals surface area (Å²) in [7, 11) is 0. The lowest BCUT2D eigenvalue weighted by Crippen LogP contribution is -2.46. The number of rotatable bonds is 25. The van der Waals surface area contributed by atoms with Gasteiger partial charge in [0.15, 0.2) is 36.1 Å². The van der Waals surface area contributed by atoms with Crippen LogP contribution in [0, 0.1) is 90.0 Å². The molecule has 14 aromatic heterocycles. The van der Waals surface area contributed by atoms with Crippen molar-refractivity contribution in [2.45, 2.75) is 206 Å². The number of hydrogen-bond donors (Lipinski definition) is 4. The van der Waals surface area contributed by atoms with Crippen LogP contribution in [0.4, 0.5) is 27.8 Å². The summed E-state index contributed by atoms with van der Waals surface area (Å²) in [5.41, 5.74) is 16.6. The number of alkyl halides is 5. The van der Waals surface area contributed by atoms with Crippen molar-refractivity contribution in [3.05, 3.63) is 334 Å². The number of halogens is 9. The largest absolute Gasteiger partial charge is 0.418 e. The third-order valence-electron chi connectivity index (χ3n) is 19.1. The second-order valence-electron chi connectivity index (χ2n) is 30.4. The van der Waals surface area contributed by atoms with E-state index in [0.29, 0.717) is 50.3 Å². The molecule has 1 aliphatic heterocycles. The van der Waals surface area contributed by atoms with Crippen LogP contribution in [-0.2, 0) is 58.8 Å². The summed E-state index contributed by atoms with van der Waals surface area (Å²) < 4.78 is 64.8. The molecular formula is C93H105Cl4F5N24O4S7. The summed E-state index contributed by atoms with van der Waals surface area (Å²) in [5.74, 6) is 2.85. The van der Waals surface area contributed by atoms with Gasteiger partial charge in [-0.3, -0.25) is 44.1 Å². The Kier molecular flexibility index (Phi) is 47.1. The highest BCUT2D eigenvalue weighted by atomic mass is 35.5. The first-order valence-electron chi connectivity index (χ1n) is 42.1. The van der Waals surface area contributed by atoms with Crippen LogP contribution < -0.4 is 27.1 Å². The molecule has 1 saturated heterocycles. The number of hydrogen-bond acceptors (Lipinski definition) is 31. The Labute approximate surface area is 843 Å². The summed E-state index contributed by atoms with van der Waals surface area (Å²) in [4.78, 5) is 136. The summed E-state index contributed by atoms with van der Waals surface area (Å²) in [5, 5.41) is 5.38. The van der Waals surface area contributed by atoms with Crippen molar-refractivity contribution in [2.24, 2.45) is 0 Å². The number of anilines is 1. The maximum absolute atomic E-state index is 13.3. The van der Waals surface area contributed by atoms with Crippen LogP contribution in [0.1, 0.15) is 151 Å². The summed E-state index contributed by atoms with van der Waals surface area (Å²) >= 11 is 22.2. The Hall–Kier alpha value is -10.2. The third-order valence-corrected chi connectivity index (χ3v) is 26.1. The zero-order chi connectivity index (χ0) is 97.9. The van der Waals surface area contributed by atoms with Gasteiger partial charge in [0.25, 0.3) is 28.2 Å². The van der Waals surface area contributed by atoms with Gasteiger partial charge in [-0.05, 0) is 196 Å². The first-order chi connectivity index (χ1) is 64.3. The van der Waals surface area contributed by atoms with Crippen LogP contribution >= 0.6 is 130 Å². The van der Waals surface area contributed by atoms with E-state index in [9.17, 15) is 41.1 Å². The molecule has 137 heavy (non-hydrogen) atoms. The molecule has 15 heterocycles. The van der Waals surface area contributed by atoms with Gasteiger partial charge < -0.3 is 29.7 Å². The van der Waals surface area contributed by atoms with Crippen molar-refractivity contribution in [1.82, 2.24) is 115 Å². The van der Waals surface area contributed by atoms with E-state index in [0.717, 1.165) is 204 Å². The average molecular weight is 2080 g/mol. The Balaban J connectivity index is 0.000000218. The van der Waals surface area contributed by atoms with Crippen LogP contribution in [0.15, 0.2) is 208 Å². The van der Waals surface area contributed by atoms with E-state index in [1.54, 1.807) is 80.0 Å². The molecule has 0 aromatic carbocycles. The molecule has 1 aliphatic rings. The molecule has 0 spiro atoms. The maximum Gasteiger partial charge on any atom is 0.418 e. The zero-order valence-corrected chi connectivity index (χ0v) is 86.9. The molecule has 15 rings (SSSR count). The number of pyridine rings is 6. The quantitative estimate of drug-likeness (QED) is 0.0234. The fraction of sp³-hybridized carbons (Fsp3) is 0.333. The van der Waals surface area contributed by atoms with E-state index in [1.165, 1.54) is 82.4 Å². The molecule has 0 aliphatic carbocycles. The first-order valence-corrected chi connectivity index (χ1v) is 49.8. The molecule has 0 radical (unpaired) electrons. The van der Waals surface area contributed by atoms with Crippen molar-refractivity contribution in [2.75, 3.05) is 37.6 Å². The Bertz CT molecular complexity index is 6270. The number of nitrogens with one attached hydrogen (secondary N) is 4. The number of piperazine rings is 1. The normalized spacial score (nSPS) is 11.6. The maximum atomic E-state index is 13.3. The highest BCUT2D eigenvalue weighted by molar-refractivity contribution is 7.99. The number of nitrogens with zero attached hydrogens (tertiary/aromatic N) is 20. The predicted octanol–water partition coefficient (Wildman–Crippen LogP) is 20.7.